The normalized spacial score (nSPS) is 16.9. The van der Waals surface area contributed by atoms with Gasteiger partial charge in [0.05, 0.1) is 43.1 Å². The third-order valence-corrected chi connectivity index (χ3v) is 9.04. The summed E-state index contributed by atoms with van der Waals surface area (Å²) < 4.78 is 46.2. The minimum Gasteiger partial charge on any atom is -0.491 e. The van der Waals surface area contributed by atoms with Gasteiger partial charge in [-0.15, -0.1) is 0 Å². The molecule has 296 valence electrons. The monoisotopic (exact) mass is 757 g/mol. The van der Waals surface area contributed by atoms with Gasteiger partial charge in [-0.2, -0.15) is 0 Å². The molecule has 0 aliphatic carbocycles. The summed E-state index contributed by atoms with van der Waals surface area (Å²) in [6.07, 6.45) is 0.481. The van der Waals surface area contributed by atoms with Crippen LogP contribution in [0.15, 0.2) is 78.9 Å². The Hall–Kier alpha value is -4.55. The van der Waals surface area contributed by atoms with E-state index in [1.165, 1.54) is 12.1 Å². The van der Waals surface area contributed by atoms with Gasteiger partial charge in [0, 0.05) is 36.5 Å². The first-order chi connectivity index (χ1) is 26.1. The summed E-state index contributed by atoms with van der Waals surface area (Å²) >= 11 is 0. The zero-order valence-corrected chi connectivity index (χ0v) is 33.2. The first kappa shape index (κ1) is 41.6. The molecule has 0 bridgehead atoms. The van der Waals surface area contributed by atoms with E-state index in [2.05, 4.69) is 23.7 Å². The van der Waals surface area contributed by atoms with Gasteiger partial charge in [0.25, 0.3) is 5.91 Å². The van der Waals surface area contributed by atoms with Crippen LogP contribution in [0, 0.1) is 5.82 Å². The lowest BCUT2D eigenvalue weighted by molar-refractivity contribution is -0.301. The Kier molecular flexibility index (Phi) is 13.9. The Morgan fingerprint density at radius 1 is 0.927 bits per heavy atom. The molecule has 1 aliphatic rings. The maximum atomic E-state index is 14.6. The number of carbonyl (C=O) groups is 2. The molecule has 5 rings (SSSR count). The molecule has 3 N–H and O–H groups in total. The second-order valence-electron chi connectivity index (χ2n) is 15.6. The Labute approximate surface area is 324 Å². The summed E-state index contributed by atoms with van der Waals surface area (Å²) in [4.78, 5) is 27.4. The van der Waals surface area contributed by atoms with Gasteiger partial charge in [0.1, 0.15) is 23.8 Å². The molecule has 1 aliphatic heterocycles. The van der Waals surface area contributed by atoms with E-state index < -0.39 is 17.5 Å². The van der Waals surface area contributed by atoms with Gasteiger partial charge >= 0.3 is 5.97 Å². The SMILES string of the molecule is CC(C)c1c(C(=O)Nc2ccccc2)c(-c2ccc(OCCOCCN)cc2)c(-c2ccc(F)cc2)n1CC[C@@H]1C[C@H](CC(=O)OC(C)(C)C)OC(C)(C)O1. The second-order valence-corrected chi connectivity index (χ2v) is 15.6. The van der Waals surface area contributed by atoms with Crippen LogP contribution in [-0.2, 0) is 30.3 Å². The fourth-order valence-electron chi connectivity index (χ4n) is 7.09. The van der Waals surface area contributed by atoms with Crippen molar-refractivity contribution < 1.29 is 37.7 Å². The lowest BCUT2D eigenvalue weighted by atomic mass is 9.94. The van der Waals surface area contributed by atoms with Crippen LogP contribution >= 0.6 is 0 Å². The van der Waals surface area contributed by atoms with Crippen molar-refractivity contribution in [1.82, 2.24) is 4.57 Å². The molecule has 0 radical (unpaired) electrons. The number of nitrogens with two attached hydrogens (primary N) is 1. The lowest BCUT2D eigenvalue weighted by Gasteiger charge is -2.41. The molecule has 11 heteroatoms. The molecule has 2 heterocycles. The predicted octanol–water partition coefficient (Wildman–Crippen LogP) is 8.72. The molecule has 1 saturated heterocycles. The van der Waals surface area contributed by atoms with Gasteiger partial charge in [0.15, 0.2) is 5.79 Å². The smallest absolute Gasteiger partial charge is 0.308 e. The zero-order valence-electron chi connectivity index (χ0n) is 33.2. The summed E-state index contributed by atoms with van der Waals surface area (Å²) in [5, 5.41) is 3.13. The number of para-hydroxylation sites is 1. The number of rotatable bonds is 16. The highest BCUT2D eigenvalue weighted by Crippen LogP contribution is 2.43. The van der Waals surface area contributed by atoms with Crippen LogP contribution in [0.5, 0.6) is 5.75 Å². The van der Waals surface area contributed by atoms with Gasteiger partial charge in [-0.3, -0.25) is 9.59 Å². The van der Waals surface area contributed by atoms with Crippen molar-refractivity contribution in [3.63, 3.8) is 0 Å². The van der Waals surface area contributed by atoms with Crippen LogP contribution in [0.2, 0.25) is 0 Å². The van der Waals surface area contributed by atoms with E-state index >= 15 is 0 Å². The number of amides is 1. The number of halogens is 1. The minimum atomic E-state index is -0.931. The lowest BCUT2D eigenvalue weighted by Crippen LogP contribution is -2.46. The highest BCUT2D eigenvalue weighted by atomic mass is 19.1. The van der Waals surface area contributed by atoms with E-state index in [-0.39, 0.29) is 36.1 Å². The zero-order chi connectivity index (χ0) is 39.8. The average Bonchev–Trinajstić information content (AvgIpc) is 3.46. The molecule has 0 saturated carbocycles. The maximum Gasteiger partial charge on any atom is 0.308 e. The quantitative estimate of drug-likeness (QED) is 0.0860. The van der Waals surface area contributed by atoms with Crippen molar-refractivity contribution in [3.05, 3.63) is 95.9 Å². The van der Waals surface area contributed by atoms with Crippen LogP contribution in [-0.4, -0.2) is 66.4 Å². The van der Waals surface area contributed by atoms with Gasteiger partial charge in [-0.25, -0.2) is 4.39 Å². The third-order valence-electron chi connectivity index (χ3n) is 9.04. The van der Waals surface area contributed by atoms with E-state index in [1.807, 2.05) is 89.2 Å². The van der Waals surface area contributed by atoms with E-state index in [4.69, 9.17) is 29.4 Å². The van der Waals surface area contributed by atoms with Crippen molar-refractivity contribution in [3.8, 4) is 28.1 Å². The summed E-state index contributed by atoms with van der Waals surface area (Å²) in [7, 11) is 0. The first-order valence-electron chi connectivity index (χ1n) is 19.1. The Morgan fingerprint density at radius 3 is 2.22 bits per heavy atom. The minimum absolute atomic E-state index is 0.0902. The molecule has 1 amide bonds. The number of carbonyl (C=O) groups excluding carboxylic acids is 2. The number of aromatic nitrogens is 1. The predicted molar refractivity (Wildman–Crippen MR) is 213 cm³/mol. The highest BCUT2D eigenvalue weighted by Gasteiger charge is 2.38. The van der Waals surface area contributed by atoms with Crippen molar-refractivity contribution in [1.29, 1.82) is 0 Å². The molecule has 4 aromatic rings. The number of hydrogen-bond donors (Lipinski definition) is 2. The molecule has 0 unspecified atom stereocenters. The largest absolute Gasteiger partial charge is 0.491 e. The van der Waals surface area contributed by atoms with Crippen molar-refractivity contribution in [2.24, 2.45) is 5.73 Å². The van der Waals surface area contributed by atoms with E-state index in [1.54, 1.807) is 12.1 Å². The molecule has 1 fully saturated rings. The van der Waals surface area contributed by atoms with Crippen LogP contribution in [0.25, 0.3) is 22.4 Å². The van der Waals surface area contributed by atoms with Crippen molar-refractivity contribution in [2.75, 3.05) is 31.7 Å². The molecule has 3 aromatic carbocycles. The molecule has 55 heavy (non-hydrogen) atoms. The summed E-state index contributed by atoms with van der Waals surface area (Å²) in [5.41, 5.74) is 9.99. The van der Waals surface area contributed by atoms with Gasteiger partial charge in [-0.1, -0.05) is 44.2 Å². The van der Waals surface area contributed by atoms with E-state index in [9.17, 15) is 14.0 Å². The third kappa shape index (κ3) is 11.5. The average molecular weight is 758 g/mol. The Bertz CT molecular complexity index is 1870. The number of ether oxygens (including phenoxy) is 5. The van der Waals surface area contributed by atoms with Crippen molar-refractivity contribution >= 4 is 17.6 Å². The standard InChI is InChI=1S/C44H56FN3O7/c1-29(2)40-39(42(50)47-33-11-9-8-10-12-33)38(30-15-19-34(20-16-30)52-26-25-51-24-22-46)41(31-13-17-32(45)18-14-31)48(40)23-21-35-27-36(54-44(6,7)53-35)28-37(49)55-43(3,4)5/h8-20,29,35-36H,21-28,46H2,1-7H3,(H,47,50)/t35-,36-/m1/s1. The van der Waals surface area contributed by atoms with Crippen molar-refractivity contribution in [2.45, 2.75) is 104 Å². The molecule has 2 atom stereocenters. The molecule has 1 aromatic heterocycles. The number of nitrogens with one attached hydrogen (secondary N) is 1. The first-order valence-corrected chi connectivity index (χ1v) is 19.1. The van der Waals surface area contributed by atoms with Gasteiger partial charge in [-0.05, 0) is 107 Å². The fourth-order valence-corrected chi connectivity index (χ4v) is 7.09. The van der Waals surface area contributed by atoms with Crippen LogP contribution in [0.4, 0.5) is 10.1 Å². The molecule has 0 spiro atoms. The second kappa shape index (κ2) is 18.4. The fraction of sp³-hybridized carbons (Fsp3) is 0.455. The summed E-state index contributed by atoms with van der Waals surface area (Å²) in [6, 6.07) is 23.4. The van der Waals surface area contributed by atoms with Gasteiger partial charge < -0.3 is 39.3 Å². The maximum absolute atomic E-state index is 14.6. The highest BCUT2D eigenvalue weighted by molar-refractivity contribution is 6.12. The Balaban J connectivity index is 1.58. The van der Waals surface area contributed by atoms with Gasteiger partial charge in [0.2, 0.25) is 0 Å². The topological polar surface area (TPSA) is 123 Å². The summed E-state index contributed by atoms with van der Waals surface area (Å²) in [6.45, 7) is 15.5. The summed E-state index contributed by atoms with van der Waals surface area (Å²) in [5.74, 6) is -1.31. The number of anilines is 1. The molecular weight excluding hydrogens is 701 g/mol. The number of nitrogens with zero attached hydrogens (tertiary/aromatic N) is 1. The molecule has 10 nitrogen and oxygen atoms in total. The molecular formula is C44H56FN3O7. The van der Waals surface area contributed by atoms with Crippen LogP contribution < -0.4 is 15.8 Å². The van der Waals surface area contributed by atoms with E-state index in [0.29, 0.717) is 62.8 Å². The number of hydrogen-bond acceptors (Lipinski definition) is 8. The van der Waals surface area contributed by atoms with Crippen LogP contribution in [0.1, 0.15) is 89.7 Å². The number of esters is 1. The number of benzene rings is 3. The van der Waals surface area contributed by atoms with Crippen LogP contribution in [0.3, 0.4) is 0 Å². The van der Waals surface area contributed by atoms with E-state index in [0.717, 1.165) is 28.1 Å². The Morgan fingerprint density at radius 2 is 1.58 bits per heavy atom.